The summed E-state index contributed by atoms with van der Waals surface area (Å²) in [7, 11) is -1.07. The van der Waals surface area contributed by atoms with Crippen LogP contribution in [0.5, 0.6) is 5.75 Å². The molecule has 4 aliphatic heterocycles. The van der Waals surface area contributed by atoms with E-state index in [4.69, 9.17) is 0 Å². The van der Waals surface area contributed by atoms with Crippen LogP contribution in [0.25, 0.3) is 5.57 Å². The zero-order valence-electron chi connectivity index (χ0n) is 34.1. The van der Waals surface area contributed by atoms with Gasteiger partial charge < -0.3 is 19.3 Å². The number of nitrogens with one attached hydrogen (secondary N) is 1. The first-order valence-corrected chi connectivity index (χ1v) is 22.4. The third-order valence-electron chi connectivity index (χ3n) is 13.1. The van der Waals surface area contributed by atoms with Crippen molar-refractivity contribution in [3.63, 3.8) is 0 Å². The monoisotopic (exact) mass is 864 g/mol. The molecule has 4 aromatic carbocycles. The predicted molar refractivity (Wildman–Crippen MR) is 225 cm³/mol. The Balaban J connectivity index is 1.28. The Kier molecular flexibility index (Phi) is 10.2. The highest BCUT2D eigenvalue weighted by Gasteiger charge is 2.72. The lowest BCUT2D eigenvalue weighted by atomic mass is 9.55. The number of fused-ring (bicyclic) bond motifs is 7. The fourth-order valence-corrected chi connectivity index (χ4v) is 11.9. The molecule has 2 fully saturated rings. The number of likely N-dealkylation sites (N-methyl/N-ethyl adjacent to an activating group) is 5. The minimum atomic E-state index is -6.09. The number of benzene rings is 4. The second-order valence-electron chi connectivity index (χ2n) is 16.2. The number of nitrogens with zero attached hydrogens (tertiary/aromatic N) is 5. The van der Waals surface area contributed by atoms with Gasteiger partial charge >= 0.3 is 15.6 Å². The molecule has 8 rings (SSSR count). The third kappa shape index (κ3) is 6.14. The van der Waals surface area contributed by atoms with Crippen molar-refractivity contribution in [3.8, 4) is 5.75 Å². The van der Waals surface area contributed by atoms with Gasteiger partial charge in [0.2, 0.25) is 10.0 Å². The summed E-state index contributed by atoms with van der Waals surface area (Å²) in [6, 6.07) is 25.7. The number of aryl methyl sites for hydroxylation is 1. The molecule has 12 nitrogen and oxygen atoms in total. The van der Waals surface area contributed by atoms with Crippen molar-refractivity contribution in [2.45, 2.75) is 53.3 Å². The quantitative estimate of drug-likeness (QED) is 0.116. The molecule has 4 aliphatic rings. The first-order valence-electron chi connectivity index (χ1n) is 19.5. The van der Waals surface area contributed by atoms with Crippen LogP contribution in [-0.2, 0) is 35.8 Å². The maximum absolute atomic E-state index is 15.0. The molecule has 318 valence electrons. The van der Waals surface area contributed by atoms with Crippen molar-refractivity contribution < 1.29 is 39.0 Å². The van der Waals surface area contributed by atoms with Gasteiger partial charge in [-0.25, -0.2) is 8.42 Å². The molecule has 0 spiro atoms. The van der Waals surface area contributed by atoms with Gasteiger partial charge in [-0.1, -0.05) is 72.3 Å². The number of hydrogen-bond donors (Lipinski definition) is 1. The zero-order valence-corrected chi connectivity index (χ0v) is 35.7. The van der Waals surface area contributed by atoms with E-state index in [2.05, 4.69) is 75.7 Å². The standard InChI is InChI=1S/C43H47F3N6O6S2/c1-28-18-20-29(21-19-28)59(54,55)50(4)25-22-31(38(53)51(5)35-16-9-10-17-36(35)58-60(56,57)43(44,45)46)30-12-11-14-33-37(30)47-39-41(33,23-26-48(39)2)42-24-27-49(3)40(42)52(6)34-15-8-7-13-32(34)42/h7-22,39-40,47H,23-27H2,1-6H3/b31-22-/t39-,40+,41+,42+/m0/s1. The minimum absolute atomic E-state index is 0.0215. The van der Waals surface area contributed by atoms with Crippen LogP contribution < -0.4 is 19.3 Å². The summed E-state index contributed by atoms with van der Waals surface area (Å²) in [5.41, 5.74) is -1.39. The molecule has 0 saturated carbocycles. The molecule has 4 heterocycles. The summed E-state index contributed by atoms with van der Waals surface area (Å²) in [6.45, 7) is 3.24. The van der Waals surface area contributed by atoms with Crippen molar-refractivity contribution in [2.24, 2.45) is 0 Å². The molecule has 0 radical (unpaired) electrons. The van der Waals surface area contributed by atoms with Crippen LogP contribution in [0.4, 0.5) is 30.2 Å². The van der Waals surface area contributed by atoms with Crippen molar-refractivity contribution in [2.75, 3.05) is 70.0 Å². The number of halogens is 3. The highest BCUT2D eigenvalue weighted by molar-refractivity contribution is 7.89. The summed E-state index contributed by atoms with van der Waals surface area (Å²) < 4.78 is 98.1. The van der Waals surface area contributed by atoms with Gasteiger partial charge in [0, 0.05) is 74.1 Å². The SMILES string of the molecule is Cc1ccc(S(=O)(=O)N(C)C/C=C(\C(=O)N(C)c2ccccc2OS(=O)(=O)C(F)(F)F)c2cccc3c2N[C@H]2N(C)CC[C@@]32[C@@]23CCN(C)[C@@H]2N(C)c2ccccc23)cc1. The van der Waals surface area contributed by atoms with E-state index < -0.39 is 42.7 Å². The number of carbonyl (C=O) groups excluding carboxylic acids is 1. The van der Waals surface area contributed by atoms with Gasteiger partial charge in [0.1, 0.15) is 0 Å². The Labute approximate surface area is 349 Å². The predicted octanol–water partition coefficient (Wildman–Crippen LogP) is 5.96. The first kappa shape index (κ1) is 41.8. The van der Waals surface area contributed by atoms with Gasteiger partial charge in [-0.2, -0.15) is 25.9 Å². The Morgan fingerprint density at radius 2 is 1.48 bits per heavy atom. The summed E-state index contributed by atoms with van der Waals surface area (Å²) in [4.78, 5) is 23.1. The molecular formula is C43H47F3N6O6S2. The molecule has 1 amide bonds. The van der Waals surface area contributed by atoms with Crippen LogP contribution in [0.15, 0.2) is 102 Å². The zero-order chi connectivity index (χ0) is 43.2. The second-order valence-corrected chi connectivity index (χ2v) is 19.8. The molecular weight excluding hydrogens is 818 g/mol. The van der Waals surface area contributed by atoms with E-state index in [1.165, 1.54) is 56.1 Å². The Morgan fingerprint density at radius 1 is 0.850 bits per heavy atom. The molecule has 0 unspecified atom stereocenters. The minimum Gasteiger partial charge on any atom is -0.374 e. The summed E-state index contributed by atoms with van der Waals surface area (Å²) in [5.74, 6) is -1.45. The van der Waals surface area contributed by atoms with E-state index in [1.807, 2.05) is 13.0 Å². The van der Waals surface area contributed by atoms with E-state index >= 15 is 4.79 Å². The Bertz CT molecular complexity index is 2630. The van der Waals surface area contributed by atoms with Crippen molar-refractivity contribution in [3.05, 3.63) is 119 Å². The van der Waals surface area contributed by atoms with Crippen LogP contribution in [0, 0.1) is 6.92 Å². The molecule has 60 heavy (non-hydrogen) atoms. The summed E-state index contributed by atoms with van der Waals surface area (Å²) in [6.07, 6.45) is 2.98. The van der Waals surface area contributed by atoms with E-state index in [9.17, 15) is 30.0 Å². The maximum atomic E-state index is 15.0. The largest absolute Gasteiger partial charge is 0.534 e. The number of anilines is 3. The number of rotatable bonds is 10. The Morgan fingerprint density at radius 3 is 2.20 bits per heavy atom. The van der Waals surface area contributed by atoms with Gasteiger partial charge in [-0.3, -0.25) is 14.6 Å². The van der Waals surface area contributed by atoms with Gasteiger partial charge in [0.25, 0.3) is 5.91 Å². The van der Waals surface area contributed by atoms with Gasteiger partial charge in [-0.05, 0) is 75.3 Å². The highest BCUT2D eigenvalue weighted by atomic mass is 32.2. The number of para-hydroxylation sites is 4. The number of carbonyl (C=O) groups is 1. The van der Waals surface area contributed by atoms with Crippen molar-refractivity contribution in [1.29, 1.82) is 0 Å². The lowest BCUT2D eigenvalue weighted by Gasteiger charge is -2.49. The second kappa shape index (κ2) is 14.6. The van der Waals surface area contributed by atoms with E-state index in [0.717, 1.165) is 58.0 Å². The van der Waals surface area contributed by atoms with Crippen LogP contribution in [0.1, 0.15) is 35.1 Å². The summed E-state index contributed by atoms with van der Waals surface area (Å²) in [5, 5.41) is 3.84. The normalized spacial score (nSPS) is 24.2. The van der Waals surface area contributed by atoms with Crippen molar-refractivity contribution >= 4 is 48.7 Å². The van der Waals surface area contributed by atoms with E-state index in [1.54, 1.807) is 18.2 Å². The fraction of sp³-hybridized carbons (Fsp3) is 0.372. The number of sulfonamides is 1. The molecule has 0 bridgehead atoms. The maximum Gasteiger partial charge on any atom is 0.534 e. The topological polar surface area (TPSA) is 123 Å². The average molecular weight is 865 g/mol. The third-order valence-corrected chi connectivity index (χ3v) is 15.9. The van der Waals surface area contributed by atoms with Crippen LogP contribution >= 0.6 is 0 Å². The number of likely N-dealkylation sites (tertiary alicyclic amines) is 2. The van der Waals surface area contributed by atoms with Crippen LogP contribution in [-0.4, -0.2) is 110 Å². The fourth-order valence-electron chi connectivity index (χ4n) is 10.3. The smallest absolute Gasteiger partial charge is 0.374 e. The van der Waals surface area contributed by atoms with Gasteiger partial charge in [0.05, 0.1) is 22.9 Å². The first-order chi connectivity index (χ1) is 28.3. The lowest BCUT2D eigenvalue weighted by Crippen LogP contribution is -2.61. The van der Waals surface area contributed by atoms with Crippen molar-refractivity contribution in [1.82, 2.24) is 14.1 Å². The number of alkyl halides is 3. The van der Waals surface area contributed by atoms with Crippen LogP contribution in [0.3, 0.4) is 0 Å². The van der Waals surface area contributed by atoms with Gasteiger partial charge in [0.15, 0.2) is 5.75 Å². The summed E-state index contributed by atoms with van der Waals surface area (Å²) >= 11 is 0. The molecule has 4 aromatic rings. The molecule has 0 aliphatic carbocycles. The molecule has 17 heteroatoms. The molecule has 1 N–H and O–H groups in total. The van der Waals surface area contributed by atoms with E-state index in [0.29, 0.717) is 11.3 Å². The molecule has 2 saturated heterocycles. The average Bonchev–Trinajstić information content (AvgIpc) is 3.92. The number of amides is 1. The lowest BCUT2D eigenvalue weighted by molar-refractivity contribution is -0.113. The number of hydrogen-bond acceptors (Lipinski definition) is 10. The molecule has 4 atom stereocenters. The Hall–Kier alpha value is -4.94. The van der Waals surface area contributed by atoms with Gasteiger partial charge in [-0.15, -0.1) is 0 Å². The van der Waals surface area contributed by atoms with Crippen LogP contribution in [0.2, 0.25) is 0 Å². The molecule has 0 aromatic heterocycles. The highest BCUT2D eigenvalue weighted by Crippen LogP contribution is 2.67. The van der Waals surface area contributed by atoms with E-state index in [-0.39, 0.29) is 40.4 Å².